The first-order valence-corrected chi connectivity index (χ1v) is 12.0. The second kappa shape index (κ2) is 9.14. The van der Waals surface area contributed by atoms with Crippen molar-refractivity contribution in [3.63, 3.8) is 0 Å². The molecule has 5 rings (SSSR count). The highest BCUT2D eigenvalue weighted by Gasteiger charge is 2.48. The van der Waals surface area contributed by atoms with E-state index in [1.54, 1.807) is 6.92 Å². The summed E-state index contributed by atoms with van der Waals surface area (Å²) in [6, 6.07) is 4.78. The third kappa shape index (κ3) is 4.03. The Morgan fingerprint density at radius 2 is 1.92 bits per heavy atom. The number of hydrogen-bond donors (Lipinski definition) is 7. The molecule has 198 valence electrons. The molecule has 2 aromatic carbocycles. The first kappa shape index (κ1) is 25.7. The summed E-state index contributed by atoms with van der Waals surface area (Å²) in [7, 11) is 0. The number of carbonyl (C=O) groups excluding carboxylic acids is 2. The number of phenolic OH excluding ortho intramolecular Hbond substituents is 2. The van der Waals surface area contributed by atoms with Crippen LogP contribution >= 0.6 is 0 Å². The van der Waals surface area contributed by atoms with E-state index < -0.39 is 72.0 Å². The van der Waals surface area contributed by atoms with Gasteiger partial charge in [-0.25, -0.2) is 0 Å². The molecule has 37 heavy (non-hydrogen) atoms. The van der Waals surface area contributed by atoms with Gasteiger partial charge < -0.3 is 45.8 Å². The highest BCUT2D eigenvalue weighted by atomic mass is 16.7. The zero-order chi connectivity index (χ0) is 26.8. The average Bonchev–Trinajstić information content (AvgIpc) is 2.84. The number of aliphatic hydroxyl groups is 4. The number of carbonyl (C=O) groups is 2. The van der Waals surface area contributed by atoms with E-state index >= 15 is 0 Å². The second-order valence-electron chi connectivity index (χ2n) is 10.0. The molecule has 1 saturated heterocycles. The Bertz CT molecular complexity index is 1270. The van der Waals surface area contributed by atoms with Crippen LogP contribution in [0.4, 0.5) is 0 Å². The van der Waals surface area contributed by atoms with E-state index in [0.717, 1.165) is 0 Å². The van der Waals surface area contributed by atoms with Crippen LogP contribution in [0.2, 0.25) is 0 Å². The Labute approximate surface area is 211 Å². The number of ether oxygens (including phenoxy) is 2. The number of nitrogens with two attached hydrogens (primary N) is 1. The molecular formula is C26H29NO10. The summed E-state index contributed by atoms with van der Waals surface area (Å²) in [6.07, 6.45) is -5.73. The maximum Gasteiger partial charge on any atom is 0.201 e. The molecule has 11 nitrogen and oxygen atoms in total. The molecule has 2 aliphatic carbocycles. The van der Waals surface area contributed by atoms with Gasteiger partial charge in [-0.2, -0.15) is 0 Å². The van der Waals surface area contributed by atoms with Crippen molar-refractivity contribution in [3.8, 4) is 11.5 Å². The molecule has 0 spiro atoms. The van der Waals surface area contributed by atoms with Crippen LogP contribution in [0.3, 0.4) is 0 Å². The molecule has 0 radical (unpaired) electrons. The van der Waals surface area contributed by atoms with Gasteiger partial charge in [0.05, 0.1) is 41.6 Å². The van der Waals surface area contributed by atoms with Gasteiger partial charge in [0.1, 0.15) is 17.6 Å². The summed E-state index contributed by atoms with van der Waals surface area (Å²) in [5.41, 5.74) is 3.80. The SMILES string of the molecule is C[C@@H]1O[C@@H](O[C@H]2C[C@](O)([C@H](O)CO)Cc3cc4c(c(O)c32)C(=O)c2c(O)cccc2C4=O)C[C@H](N)[C@@H]1O. The summed E-state index contributed by atoms with van der Waals surface area (Å²) in [5, 5.41) is 63.0. The van der Waals surface area contributed by atoms with Crippen LogP contribution in [0.25, 0.3) is 0 Å². The van der Waals surface area contributed by atoms with E-state index in [-0.39, 0.29) is 52.6 Å². The van der Waals surface area contributed by atoms with Gasteiger partial charge in [-0.15, -0.1) is 0 Å². The number of ketones is 2. The molecule has 7 atom stereocenters. The first-order valence-electron chi connectivity index (χ1n) is 12.0. The predicted molar refractivity (Wildman–Crippen MR) is 126 cm³/mol. The Kier molecular flexibility index (Phi) is 6.35. The first-order chi connectivity index (χ1) is 17.5. The minimum atomic E-state index is -1.90. The molecule has 0 unspecified atom stereocenters. The van der Waals surface area contributed by atoms with Crippen LogP contribution in [-0.4, -0.2) is 85.1 Å². The summed E-state index contributed by atoms with van der Waals surface area (Å²) >= 11 is 0. The van der Waals surface area contributed by atoms with Crippen LogP contribution in [0.15, 0.2) is 24.3 Å². The number of aromatic hydroxyl groups is 2. The number of phenols is 2. The Morgan fingerprint density at radius 1 is 1.19 bits per heavy atom. The number of rotatable bonds is 4. The Morgan fingerprint density at radius 3 is 2.59 bits per heavy atom. The monoisotopic (exact) mass is 515 g/mol. The van der Waals surface area contributed by atoms with E-state index in [1.165, 1.54) is 24.3 Å². The molecule has 1 fully saturated rings. The van der Waals surface area contributed by atoms with Crippen molar-refractivity contribution in [1.82, 2.24) is 0 Å². The highest BCUT2D eigenvalue weighted by Crippen LogP contribution is 2.49. The lowest BCUT2D eigenvalue weighted by Gasteiger charge is -2.43. The molecule has 1 heterocycles. The lowest BCUT2D eigenvalue weighted by molar-refractivity contribution is -0.251. The van der Waals surface area contributed by atoms with E-state index in [9.17, 15) is 40.2 Å². The predicted octanol–water partition coefficient (Wildman–Crippen LogP) is -0.216. The van der Waals surface area contributed by atoms with Crippen molar-refractivity contribution in [3.05, 3.63) is 57.6 Å². The maximum atomic E-state index is 13.4. The van der Waals surface area contributed by atoms with E-state index in [1.807, 2.05) is 0 Å². The standard InChI is InChI=1S/C26H29NO10/c1-10-22(31)14(27)6-18(36-10)37-16-8-26(35,17(30)9-28)7-11-5-13-21(24(33)19(11)16)25(34)20-12(23(13)32)3-2-4-15(20)29/h2-5,10,14,16-18,22,28-31,33,35H,6-9,27H2,1H3/t10-,14-,16-,17+,18-,22+,26-/m0/s1. The Balaban J connectivity index is 1.63. The third-order valence-corrected chi connectivity index (χ3v) is 7.63. The number of hydrogen-bond acceptors (Lipinski definition) is 11. The van der Waals surface area contributed by atoms with Crippen LogP contribution < -0.4 is 5.73 Å². The van der Waals surface area contributed by atoms with Crippen molar-refractivity contribution in [2.75, 3.05) is 6.61 Å². The zero-order valence-electron chi connectivity index (χ0n) is 20.0. The number of benzene rings is 2. The largest absolute Gasteiger partial charge is 0.507 e. The lowest BCUT2D eigenvalue weighted by Crippen LogP contribution is -2.53. The molecule has 1 aliphatic heterocycles. The normalized spacial score (nSPS) is 31.9. The summed E-state index contributed by atoms with van der Waals surface area (Å²) in [5.74, 6) is -2.29. The molecule has 8 N–H and O–H groups in total. The quantitative estimate of drug-likeness (QED) is 0.242. The molecule has 0 bridgehead atoms. The van der Waals surface area contributed by atoms with Crippen molar-refractivity contribution < 1.29 is 49.7 Å². The maximum absolute atomic E-state index is 13.4. The van der Waals surface area contributed by atoms with Crippen LogP contribution in [0.1, 0.15) is 68.8 Å². The molecule has 0 aromatic heterocycles. The van der Waals surface area contributed by atoms with Gasteiger partial charge in [0, 0.05) is 42.0 Å². The molecule has 11 heteroatoms. The highest BCUT2D eigenvalue weighted by molar-refractivity contribution is 6.30. The van der Waals surface area contributed by atoms with E-state index in [0.29, 0.717) is 0 Å². The third-order valence-electron chi connectivity index (χ3n) is 7.63. The van der Waals surface area contributed by atoms with Gasteiger partial charge in [0.25, 0.3) is 0 Å². The zero-order valence-corrected chi connectivity index (χ0v) is 20.0. The lowest BCUT2D eigenvalue weighted by atomic mass is 9.72. The molecular weight excluding hydrogens is 486 g/mol. The molecule has 2 aromatic rings. The minimum Gasteiger partial charge on any atom is -0.507 e. The fourth-order valence-corrected chi connectivity index (χ4v) is 5.61. The van der Waals surface area contributed by atoms with Crippen molar-refractivity contribution in [2.24, 2.45) is 5.73 Å². The summed E-state index contributed by atoms with van der Waals surface area (Å²) in [4.78, 5) is 26.7. The van der Waals surface area contributed by atoms with Gasteiger partial charge in [-0.1, -0.05) is 12.1 Å². The summed E-state index contributed by atoms with van der Waals surface area (Å²) < 4.78 is 11.8. The molecule has 3 aliphatic rings. The fraction of sp³-hybridized carbons (Fsp3) is 0.462. The average molecular weight is 516 g/mol. The van der Waals surface area contributed by atoms with Crippen molar-refractivity contribution in [2.45, 2.75) is 68.5 Å². The summed E-state index contributed by atoms with van der Waals surface area (Å²) in [6.45, 7) is 0.857. The fourth-order valence-electron chi connectivity index (χ4n) is 5.61. The van der Waals surface area contributed by atoms with Crippen molar-refractivity contribution in [1.29, 1.82) is 0 Å². The van der Waals surface area contributed by atoms with Gasteiger partial charge in [-0.05, 0) is 24.6 Å². The molecule has 0 saturated carbocycles. The van der Waals surface area contributed by atoms with Gasteiger partial charge >= 0.3 is 0 Å². The minimum absolute atomic E-state index is 0.0248. The van der Waals surface area contributed by atoms with Crippen molar-refractivity contribution >= 4 is 11.6 Å². The van der Waals surface area contributed by atoms with Gasteiger partial charge in [-0.3, -0.25) is 9.59 Å². The van der Waals surface area contributed by atoms with Gasteiger partial charge in [0.2, 0.25) is 5.78 Å². The second-order valence-corrected chi connectivity index (χ2v) is 10.0. The van der Waals surface area contributed by atoms with Crippen LogP contribution in [-0.2, 0) is 15.9 Å². The topological polar surface area (TPSA) is 200 Å². The van der Waals surface area contributed by atoms with Crippen LogP contribution in [0, 0.1) is 0 Å². The van der Waals surface area contributed by atoms with E-state index in [2.05, 4.69) is 0 Å². The number of fused-ring (bicyclic) bond motifs is 3. The molecule has 0 amide bonds. The number of aliphatic hydroxyl groups excluding tert-OH is 3. The Hall–Kier alpha value is -2.90. The van der Waals surface area contributed by atoms with Gasteiger partial charge in [0.15, 0.2) is 12.1 Å². The smallest absolute Gasteiger partial charge is 0.201 e. The van der Waals surface area contributed by atoms with Crippen LogP contribution in [0.5, 0.6) is 11.5 Å². The van der Waals surface area contributed by atoms with E-state index in [4.69, 9.17) is 15.2 Å².